The molecule has 0 amide bonds. The average molecular weight is 342 g/mol. The van der Waals surface area contributed by atoms with Crippen molar-refractivity contribution in [1.82, 2.24) is 15.0 Å². The van der Waals surface area contributed by atoms with E-state index in [2.05, 4.69) is 34.1 Å². The predicted octanol–water partition coefficient (Wildman–Crippen LogP) is 4.34. The van der Waals surface area contributed by atoms with Gasteiger partial charge in [0.05, 0.1) is 6.54 Å². The molecule has 0 radical (unpaired) electrons. The van der Waals surface area contributed by atoms with E-state index < -0.39 is 0 Å². The molecule has 0 spiro atoms. The number of hydrogen-bond acceptors (Lipinski definition) is 4. The molecule has 0 aliphatic heterocycles. The van der Waals surface area contributed by atoms with Crippen LogP contribution in [-0.2, 0) is 19.5 Å². The highest BCUT2D eigenvalue weighted by Gasteiger charge is 2.13. The molecule has 124 valence electrons. The third-order valence-electron chi connectivity index (χ3n) is 3.87. The van der Waals surface area contributed by atoms with E-state index in [-0.39, 0.29) is 0 Å². The zero-order chi connectivity index (χ0) is 16.8. The number of halogens is 1. The molecule has 1 aromatic heterocycles. The first-order valence-electron chi connectivity index (χ1n) is 8.05. The van der Waals surface area contributed by atoms with Crippen molar-refractivity contribution in [3.63, 3.8) is 0 Å². The summed E-state index contributed by atoms with van der Waals surface area (Å²) in [6, 6.07) is 18.0. The second-order valence-corrected chi connectivity index (χ2v) is 6.07. The molecule has 0 aliphatic carbocycles. The Balaban J connectivity index is 1.63. The van der Waals surface area contributed by atoms with Gasteiger partial charge in [-0.2, -0.15) is 4.98 Å². The van der Waals surface area contributed by atoms with E-state index >= 15 is 0 Å². The van der Waals surface area contributed by atoms with E-state index in [1.165, 1.54) is 5.56 Å². The molecule has 0 N–H and O–H groups in total. The van der Waals surface area contributed by atoms with Crippen molar-refractivity contribution in [3.8, 4) is 0 Å². The molecule has 0 bridgehead atoms. The Labute approximate surface area is 147 Å². The van der Waals surface area contributed by atoms with Crippen LogP contribution >= 0.6 is 11.6 Å². The Morgan fingerprint density at radius 1 is 1.00 bits per heavy atom. The summed E-state index contributed by atoms with van der Waals surface area (Å²) < 4.78 is 5.40. The fourth-order valence-electron chi connectivity index (χ4n) is 2.54. The second kappa shape index (κ2) is 8.08. The first kappa shape index (κ1) is 16.7. The van der Waals surface area contributed by atoms with Gasteiger partial charge >= 0.3 is 0 Å². The lowest BCUT2D eigenvalue weighted by atomic mass is 10.1. The van der Waals surface area contributed by atoms with E-state index in [1.807, 2.05) is 42.5 Å². The van der Waals surface area contributed by atoms with Crippen LogP contribution in [0.1, 0.15) is 29.8 Å². The zero-order valence-corrected chi connectivity index (χ0v) is 14.4. The van der Waals surface area contributed by atoms with Crippen molar-refractivity contribution in [2.24, 2.45) is 0 Å². The van der Waals surface area contributed by atoms with Gasteiger partial charge in [0.2, 0.25) is 5.89 Å². The van der Waals surface area contributed by atoms with Crippen LogP contribution in [-0.4, -0.2) is 21.6 Å². The van der Waals surface area contributed by atoms with E-state index in [9.17, 15) is 0 Å². The van der Waals surface area contributed by atoms with Crippen LogP contribution in [0.3, 0.4) is 0 Å². The third-order valence-corrected chi connectivity index (χ3v) is 4.24. The Morgan fingerprint density at radius 3 is 2.50 bits per heavy atom. The predicted molar refractivity (Wildman–Crippen MR) is 94.8 cm³/mol. The van der Waals surface area contributed by atoms with Gasteiger partial charge in [-0.15, -0.1) is 0 Å². The molecule has 0 saturated heterocycles. The summed E-state index contributed by atoms with van der Waals surface area (Å²) in [4.78, 5) is 6.73. The lowest BCUT2D eigenvalue weighted by Gasteiger charge is -2.18. The maximum Gasteiger partial charge on any atom is 0.240 e. The molecule has 3 rings (SSSR count). The SMILES string of the molecule is CCN(Cc1nc(Cc2ccccc2)no1)Cc1ccccc1Cl. The van der Waals surface area contributed by atoms with Gasteiger partial charge in [-0.1, -0.05) is 72.2 Å². The number of hydrogen-bond donors (Lipinski definition) is 0. The molecular weight excluding hydrogens is 322 g/mol. The number of aromatic nitrogens is 2. The van der Waals surface area contributed by atoms with E-state index in [0.29, 0.717) is 24.7 Å². The van der Waals surface area contributed by atoms with Gasteiger partial charge in [0, 0.05) is 18.0 Å². The van der Waals surface area contributed by atoms with E-state index in [1.54, 1.807) is 0 Å². The molecule has 5 heteroatoms. The molecule has 3 aromatic rings. The maximum absolute atomic E-state index is 6.24. The summed E-state index contributed by atoms with van der Waals surface area (Å²) in [6.07, 6.45) is 0.682. The molecule has 2 aromatic carbocycles. The molecule has 0 fully saturated rings. The molecule has 0 aliphatic rings. The quantitative estimate of drug-likeness (QED) is 0.641. The van der Waals surface area contributed by atoms with Gasteiger partial charge in [0.15, 0.2) is 5.82 Å². The maximum atomic E-state index is 6.24. The highest BCUT2D eigenvalue weighted by molar-refractivity contribution is 6.31. The molecule has 0 saturated carbocycles. The lowest BCUT2D eigenvalue weighted by molar-refractivity contribution is 0.229. The van der Waals surface area contributed by atoms with Gasteiger partial charge in [-0.25, -0.2) is 0 Å². The van der Waals surface area contributed by atoms with Crippen LogP contribution in [0.25, 0.3) is 0 Å². The molecular formula is C19H20ClN3O. The normalized spacial score (nSPS) is 11.1. The van der Waals surface area contributed by atoms with Crippen LogP contribution < -0.4 is 0 Å². The third kappa shape index (κ3) is 4.43. The Morgan fingerprint density at radius 2 is 1.75 bits per heavy atom. The molecule has 1 heterocycles. The summed E-state index contributed by atoms with van der Waals surface area (Å²) >= 11 is 6.24. The minimum Gasteiger partial charge on any atom is -0.338 e. The van der Waals surface area contributed by atoms with Crippen molar-refractivity contribution >= 4 is 11.6 Å². The van der Waals surface area contributed by atoms with Crippen LogP contribution in [0, 0.1) is 0 Å². The summed E-state index contributed by atoms with van der Waals surface area (Å²) in [5.41, 5.74) is 2.28. The topological polar surface area (TPSA) is 42.2 Å². The lowest BCUT2D eigenvalue weighted by Crippen LogP contribution is -2.22. The summed E-state index contributed by atoms with van der Waals surface area (Å²) in [5, 5.41) is 4.87. The fourth-order valence-corrected chi connectivity index (χ4v) is 2.74. The van der Waals surface area contributed by atoms with Gasteiger partial charge < -0.3 is 4.52 Å². The fraction of sp³-hybridized carbons (Fsp3) is 0.263. The first-order chi connectivity index (χ1) is 11.7. The van der Waals surface area contributed by atoms with Crippen molar-refractivity contribution in [1.29, 1.82) is 0 Å². The van der Waals surface area contributed by atoms with Crippen LogP contribution in [0.4, 0.5) is 0 Å². The number of benzene rings is 2. The molecule has 24 heavy (non-hydrogen) atoms. The van der Waals surface area contributed by atoms with Gasteiger partial charge in [0.1, 0.15) is 0 Å². The van der Waals surface area contributed by atoms with Gasteiger partial charge in [-0.3, -0.25) is 4.90 Å². The second-order valence-electron chi connectivity index (χ2n) is 5.66. The van der Waals surface area contributed by atoms with Crippen molar-refractivity contribution in [2.75, 3.05) is 6.54 Å². The smallest absolute Gasteiger partial charge is 0.240 e. The highest BCUT2D eigenvalue weighted by atomic mass is 35.5. The number of nitrogens with zero attached hydrogens (tertiary/aromatic N) is 3. The summed E-state index contributed by atoms with van der Waals surface area (Å²) in [6.45, 7) is 4.36. The highest BCUT2D eigenvalue weighted by Crippen LogP contribution is 2.18. The largest absolute Gasteiger partial charge is 0.338 e. The van der Waals surface area contributed by atoms with Gasteiger partial charge in [0.25, 0.3) is 0 Å². The van der Waals surface area contributed by atoms with Gasteiger partial charge in [-0.05, 0) is 23.7 Å². The minimum atomic E-state index is 0.615. The van der Waals surface area contributed by atoms with Crippen molar-refractivity contribution in [2.45, 2.75) is 26.4 Å². The molecule has 0 atom stereocenters. The zero-order valence-electron chi connectivity index (χ0n) is 13.7. The van der Waals surface area contributed by atoms with Crippen molar-refractivity contribution < 1.29 is 4.52 Å². The average Bonchev–Trinajstić information content (AvgIpc) is 3.04. The standard InChI is InChI=1S/C19H20ClN3O/c1-2-23(13-16-10-6-7-11-17(16)20)14-19-21-18(22-24-19)12-15-8-4-3-5-9-15/h3-11H,2,12-14H2,1H3. The molecule has 0 unspecified atom stereocenters. The van der Waals surface area contributed by atoms with Crippen molar-refractivity contribution in [3.05, 3.63) is 82.5 Å². The van der Waals surface area contributed by atoms with Crippen LogP contribution in [0.5, 0.6) is 0 Å². The Bertz CT molecular complexity index is 773. The van der Waals surface area contributed by atoms with Crippen LogP contribution in [0.2, 0.25) is 5.02 Å². The summed E-state index contributed by atoms with van der Waals surface area (Å²) in [7, 11) is 0. The first-order valence-corrected chi connectivity index (χ1v) is 8.43. The minimum absolute atomic E-state index is 0.615. The Kier molecular flexibility index (Phi) is 5.62. The summed E-state index contributed by atoms with van der Waals surface area (Å²) in [5.74, 6) is 1.35. The van der Waals surface area contributed by atoms with E-state index in [4.69, 9.17) is 16.1 Å². The van der Waals surface area contributed by atoms with E-state index in [0.717, 1.165) is 23.7 Å². The number of rotatable bonds is 7. The van der Waals surface area contributed by atoms with Crippen LogP contribution in [0.15, 0.2) is 59.1 Å². The monoisotopic (exact) mass is 341 g/mol. The Hall–Kier alpha value is -2.17. The molecule has 4 nitrogen and oxygen atoms in total.